The highest BCUT2D eigenvalue weighted by Crippen LogP contribution is 2.09. The lowest BCUT2D eigenvalue weighted by Crippen LogP contribution is -2.49. The quantitative estimate of drug-likeness (QED) is 0.799. The Bertz CT molecular complexity index is 513. The van der Waals surface area contributed by atoms with E-state index in [1.807, 2.05) is 30.7 Å². The minimum absolute atomic E-state index is 0.157. The van der Waals surface area contributed by atoms with Crippen molar-refractivity contribution in [2.24, 2.45) is 5.10 Å². The van der Waals surface area contributed by atoms with Gasteiger partial charge in [-0.25, -0.2) is 4.68 Å². The molecule has 3 rings (SSSR count). The van der Waals surface area contributed by atoms with Crippen molar-refractivity contribution in [3.05, 3.63) is 29.6 Å². The van der Waals surface area contributed by atoms with Crippen LogP contribution in [0.25, 0.3) is 0 Å². The van der Waals surface area contributed by atoms with Gasteiger partial charge in [0.1, 0.15) is 6.17 Å². The molecule has 0 spiro atoms. The van der Waals surface area contributed by atoms with E-state index in [2.05, 4.69) is 26.6 Å². The smallest absolute Gasteiger partial charge is 0.172 e. The van der Waals surface area contributed by atoms with Crippen molar-refractivity contribution >= 4 is 5.84 Å². The molecule has 0 radical (unpaired) electrons. The SMILES string of the molecule is Cc1cc(C)n(C2=NN[C@H](N3CCOCC3)C=C2)n1. The molecule has 0 aliphatic carbocycles. The van der Waals surface area contributed by atoms with E-state index in [-0.39, 0.29) is 6.17 Å². The third kappa shape index (κ3) is 2.54. The van der Waals surface area contributed by atoms with Gasteiger partial charge < -0.3 is 4.74 Å². The first-order valence-corrected chi connectivity index (χ1v) is 6.61. The van der Waals surface area contributed by atoms with Crippen LogP contribution in [0.1, 0.15) is 11.4 Å². The summed E-state index contributed by atoms with van der Waals surface area (Å²) in [5.41, 5.74) is 5.28. The standard InChI is InChI=1S/C13H19N5O/c1-10-9-11(2)18(16-10)13-4-3-12(14-15-13)17-5-7-19-8-6-17/h3-4,9,12,14H,5-8H2,1-2H3/t12-/m1/s1. The van der Waals surface area contributed by atoms with Crippen LogP contribution in [0.4, 0.5) is 0 Å². The highest BCUT2D eigenvalue weighted by molar-refractivity contribution is 5.95. The summed E-state index contributed by atoms with van der Waals surface area (Å²) in [6, 6.07) is 2.05. The van der Waals surface area contributed by atoms with Crippen molar-refractivity contribution in [3.63, 3.8) is 0 Å². The Labute approximate surface area is 112 Å². The summed E-state index contributed by atoms with van der Waals surface area (Å²) in [4.78, 5) is 2.32. The summed E-state index contributed by atoms with van der Waals surface area (Å²) in [5, 5.41) is 8.86. The first-order valence-electron chi connectivity index (χ1n) is 6.61. The Balaban J connectivity index is 1.70. The van der Waals surface area contributed by atoms with E-state index in [9.17, 15) is 0 Å². The van der Waals surface area contributed by atoms with Crippen molar-refractivity contribution in [1.29, 1.82) is 0 Å². The van der Waals surface area contributed by atoms with Gasteiger partial charge in [0.15, 0.2) is 5.84 Å². The van der Waals surface area contributed by atoms with Crippen LogP contribution in [0.5, 0.6) is 0 Å². The van der Waals surface area contributed by atoms with E-state index in [1.165, 1.54) is 0 Å². The molecule has 1 N–H and O–H groups in total. The van der Waals surface area contributed by atoms with E-state index in [4.69, 9.17) is 4.74 Å². The number of nitrogens with zero attached hydrogens (tertiary/aromatic N) is 4. The van der Waals surface area contributed by atoms with Gasteiger partial charge in [-0.3, -0.25) is 10.3 Å². The van der Waals surface area contributed by atoms with Crippen LogP contribution >= 0.6 is 0 Å². The van der Waals surface area contributed by atoms with Gasteiger partial charge in [-0.15, -0.1) is 0 Å². The molecule has 1 fully saturated rings. The maximum absolute atomic E-state index is 5.36. The third-order valence-electron chi connectivity index (χ3n) is 3.40. The Kier molecular flexibility index (Phi) is 3.35. The lowest BCUT2D eigenvalue weighted by Gasteiger charge is -2.33. The van der Waals surface area contributed by atoms with Crippen LogP contribution in [-0.2, 0) is 4.74 Å². The molecule has 1 saturated heterocycles. The Morgan fingerprint density at radius 3 is 2.68 bits per heavy atom. The predicted molar refractivity (Wildman–Crippen MR) is 73.0 cm³/mol. The van der Waals surface area contributed by atoms with Gasteiger partial charge in [0.05, 0.1) is 18.9 Å². The van der Waals surface area contributed by atoms with Crippen LogP contribution in [0.3, 0.4) is 0 Å². The molecule has 2 aliphatic heterocycles. The molecule has 3 heterocycles. The average molecular weight is 261 g/mol. The Morgan fingerprint density at radius 2 is 2.11 bits per heavy atom. The van der Waals surface area contributed by atoms with Crippen molar-refractivity contribution in [1.82, 2.24) is 20.1 Å². The number of ether oxygens (including phenoxy) is 1. The van der Waals surface area contributed by atoms with Gasteiger partial charge in [0.25, 0.3) is 0 Å². The number of aryl methyl sites for hydroxylation is 2. The minimum Gasteiger partial charge on any atom is -0.379 e. The number of hydrogen-bond donors (Lipinski definition) is 1. The monoisotopic (exact) mass is 261 g/mol. The number of allylic oxidation sites excluding steroid dienone is 1. The van der Waals surface area contributed by atoms with Crippen molar-refractivity contribution in [2.75, 3.05) is 26.3 Å². The number of rotatable bonds is 1. The van der Waals surface area contributed by atoms with Crippen LogP contribution in [0.2, 0.25) is 0 Å². The number of hydrazone groups is 1. The van der Waals surface area contributed by atoms with Gasteiger partial charge in [0, 0.05) is 18.8 Å². The van der Waals surface area contributed by atoms with Gasteiger partial charge >= 0.3 is 0 Å². The molecule has 0 unspecified atom stereocenters. The molecule has 1 aromatic rings. The second-order valence-electron chi connectivity index (χ2n) is 4.89. The zero-order valence-corrected chi connectivity index (χ0v) is 11.3. The van der Waals surface area contributed by atoms with Gasteiger partial charge in [-0.05, 0) is 32.1 Å². The summed E-state index contributed by atoms with van der Waals surface area (Å²) in [6.07, 6.45) is 4.31. The molecule has 0 bridgehead atoms. The van der Waals surface area contributed by atoms with Crippen LogP contribution < -0.4 is 5.43 Å². The number of nitrogens with one attached hydrogen (secondary N) is 1. The van der Waals surface area contributed by atoms with Crippen molar-refractivity contribution < 1.29 is 4.74 Å². The summed E-state index contributed by atoms with van der Waals surface area (Å²) in [5.74, 6) is 0.829. The van der Waals surface area contributed by atoms with E-state index in [0.29, 0.717) is 0 Å². The molecule has 6 heteroatoms. The number of hydrogen-bond acceptors (Lipinski definition) is 5. The van der Waals surface area contributed by atoms with Crippen molar-refractivity contribution in [3.8, 4) is 0 Å². The molecule has 2 aliphatic rings. The highest BCUT2D eigenvalue weighted by atomic mass is 16.5. The lowest BCUT2D eigenvalue weighted by atomic mass is 10.3. The molecule has 0 aromatic carbocycles. The molecular weight excluding hydrogens is 242 g/mol. The Hall–Kier alpha value is -1.66. The number of morpholine rings is 1. The largest absolute Gasteiger partial charge is 0.379 e. The fraction of sp³-hybridized carbons (Fsp3) is 0.538. The fourth-order valence-corrected chi connectivity index (χ4v) is 2.43. The first-order chi connectivity index (χ1) is 9.24. The second kappa shape index (κ2) is 5.14. The fourth-order valence-electron chi connectivity index (χ4n) is 2.43. The average Bonchev–Trinajstić information content (AvgIpc) is 2.79. The molecule has 0 amide bonds. The highest BCUT2D eigenvalue weighted by Gasteiger charge is 2.21. The Morgan fingerprint density at radius 1 is 1.32 bits per heavy atom. The lowest BCUT2D eigenvalue weighted by molar-refractivity contribution is 0.0194. The van der Waals surface area contributed by atoms with E-state index >= 15 is 0 Å². The van der Waals surface area contributed by atoms with Crippen LogP contribution in [0.15, 0.2) is 23.3 Å². The molecule has 6 nitrogen and oxygen atoms in total. The van der Waals surface area contributed by atoms with Gasteiger partial charge in [-0.2, -0.15) is 10.2 Å². The van der Waals surface area contributed by atoms with E-state index < -0.39 is 0 Å². The molecule has 19 heavy (non-hydrogen) atoms. The van der Waals surface area contributed by atoms with E-state index in [1.54, 1.807) is 0 Å². The molecular formula is C13H19N5O. The molecule has 1 atom stereocenters. The topological polar surface area (TPSA) is 54.7 Å². The molecule has 1 aromatic heterocycles. The zero-order valence-electron chi connectivity index (χ0n) is 11.3. The van der Waals surface area contributed by atoms with Gasteiger partial charge in [0.2, 0.25) is 0 Å². The van der Waals surface area contributed by atoms with Crippen molar-refractivity contribution in [2.45, 2.75) is 20.0 Å². The first kappa shape index (κ1) is 12.4. The third-order valence-corrected chi connectivity index (χ3v) is 3.40. The maximum atomic E-state index is 5.36. The summed E-state index contributed by atoms with van der Waals surface area (Å²) < 4.78 is 7.21. The zero-order chi connectivity index (χ0) is 13.2. The predicted octanol–water partition coefficient (Wildman–Crippen LogP) is 0.479. The normalized spacial score (nSPS) is 24.1. The minimum atomic E-state index is 0.157. The molecule has 102 valence electrons. The van der Waals surface area contributed by atoms with Crippen LogP contribution in [0, 0.1) is 13.8 Å². The second-order valence-corrected chi connectivity index (χ2v) is 4.89. The summed E-state index contributed by atoms with van der Waals surface area (Å²) in [6.45, 7) is 7.48. The summed E-state index contributed by atoms with van der Waals surface area (Å²) >= 11 is 0. The molecule has 0 saturated carbocycles. The summed E-state index contributed by atoms with van der Waals surface area (Å²) in [7, 11) is 0. The van der Waals surface area contributed by atoms with Gasteiger partial charge in [-0.1, -0.05) is 0 Å². The van der Waals surface area contributed by atoms with Crippen LogP contribution in [-0.4, -0.2) is 53.0 Å². The van der Waals surface area contributed by atoms with E-state index in [0.717, 1.165) is 43.5 Å². The number of aromatic nitrogens is 2. The maximum Gasteiger partial charge on any atom is 0.172 e.